The summed E-state index contributed by atoms with van der Waals surface area (Å²) >= 11 is 0. The lowest BCUT2D eigenvalue weighted by molar-refractivity contribution is 0.0921. The van der Waals surface area contributed by atoms with Gasteiger partial charge < -0.3 is 31.2 Å². The van der Waals surface area contributed by atoms with Gasteiger partial charge >= 0.3 is 0 Å². The highest BCUT2D eigenvalue weighted by Crippen LogP contribution is 2.34. The van der Waals surface area contributed by atoms with Gasteiger partial charge in [0.15, 0.2) is 0 Å². The fourth-order valence-electron chi connectivity index (χ4n) is 4.45. The normalized spacial score (nSPS) is 18.2. The minimum atomic E-state index is -0.145. The summed E-state index contributed by atoms with van der Waals surface area (Å²) in [5.41, 5.74) is 9.70. The molecule has 9 heteroatoms. The van der Waals surface area contributed by atoms with Crippen molar-refractivity contribution in [2.75, 3.05) is 42.9 Å². The van der Waals surface area contributed by atoms with Crippen molar-refractivity contribution in [1.29, 1.82) is 0 Å². The number of nitrogens with one attached hydrogen (secondary N) is 3. The molecule has 1 atom stereocenters. The first-order valence-corrected chi connectivity index (χ1v) is 11.4. The third-order valence-corrected chi connectivity index (χ3v) is 6.16. The third-order valence-electron chi connectivity index (χ3n) is 6.16. The Morgan fingerprint density at radius 2 is 2.00 bits per heavy atom. The van der Waals surface area contributed by atoms with E-state index in [1.165, 1.54) is 0 Å². The van der Waals surface area contributed by atoms with Gasteiger partial charge in [0.2, 0.25) is 5.96 Å². The molecule has 1 fully saturated rings. The molecule has 5 rings (SSSR count). The summed E-state index contributed by atoms with van der Waals surface area (Å²) in [6.07, 6.45) is 3.53. The molecule has 174 valence electrons. The Labute approximate surface area is 198 Å². The Balaban J connectivity index is 1.44. The molecule has 34 heavy (non-hydrogen) atoms. The number of rotatable bonds is 5. The van der Waals surface area contributed by atoms with Crippen molar-refractivity contribution >= 4 is 35.3 Å². The van der Waals surface area contributed by atoms with Gasteiger partial charge in [-0.25, -0.2) is 4.98 Å². The maximum Gasteiger partial charge on any atom is 0.268 e. The van der Waals surface area contributed by atoms with Gasteiger partial charge in [-0.1, -0.05) is 43.0 Å². The lowest BCUT2D eigenvalue weighted by atomic mass is 10.0. The number of benzene rings is 1. The first-order chi connectivity index (χ1) is 16.6. The molecular formula is C25H28N8O. The Bertz CT molecular complexity index is 1210. The van der Waals surface area contributed by atoms with Gasteiger partial charge in [0.1, 0.15) is 17.3 Å². The van der Waals surface area contributed by atoms with Gasteiger partial charge in [-0.05, 0) is 23.8 Å². The number of guanidine groups is 1. The summed E-state index contributed by atoms with van der Waals surface area (Å²) in [7, 11) is 0. The minimum absolute atomic E-state index is 0.106. The van der Waals surface area contributed by atoms with Gasteiger partial charge in [0, 0.05) is 38.3 Å². The average molecular weight is 457 g/mol. The predicted molar refractivity (Wildman–Crippen MR) is 136 cm³/mol. The highest BCUT2D eigenvalue weighted by molar-refractivity contribution is 5.98. The summed E-state index contributed by atoms with van der Waals surface area (Å²) in [4.78, 5) is 24.1. The third kappa shape index (κ3) is 4.25. The number of nitrogens with zero attached hydrogens (tertiary/aromatic N) is 4. The van der Waals surface area contributed by atoms with E-state index in [1.54, 1.807) is 12.1 Å². The van der Waals surface area contributed by atoms with Gasteiger partial charge in [-0.15, -0.1) is 0 Å². The molecule has 0 bridgehead atoms. The molecule has 9 nitrogen and oxygen atoms in total. The molecule has 2 aliphatic heterocycles. The van der Waals surface area contributed by atoms with Crippen LogP contribution in [0.4, 0.5) is 17.3 Å². The van der Waals surface area contributed by atoms with Gasteiger partial charge in [0.25, 0.3) is 5.91 Å². The number of anilines is 2. The zero-order valence-electron chi connectivity index (χ0n) is 18.9. The second-order valence-corrected chi connectivity index (χ2v) is 8.28. The molecule has 1 aromatic carbocycles. The van der Waals surface area contributed by atoms with Crippen molar-refractivity contribution in [2.45, 2.75) is 6.04 Å². The van der Waals surface area contributed by atoms with Gasteiger partial charge in [-0.2, -0.15) is 4.99 Å². The summed E-state index contributed by atoms with van der Waals surface area (Å²) in [6.45, 7) is 8.22. The molecule has 2 aliphatic rings. The first-order valence-electron chi connectivity index (χ1n) is 11.4. The van der Waals surface area contributed by atoms with Crippen LogP contribution in [0.5, 0.6) is 0 Å². The Morgan fingerprint density at radius 1 is 1.21 bits per heavy atom. The first kappa shape index (κ1) is 21.7. The standard InChI is InChI=1S/C25H28N8O/c1-2-17-14-20-24(34)29-16-21(18-6-4-3-5-7-18)33(20)23(17)31-25(26)30-22-9-8-19(15-28-22)32-12-10-27-11-13-32/h2-9,14-15,21,27H,1,10-13,16H2,(H,29,34)(H3,26,28,30,31)/t21-/m1/s1. The zero-order chi connectivity index (χ0) is 23.5. The molecule has 3 aromatic rings. The molecular weight excluding hydrogens is 428 g/mol. The van der Waals surface area contributed by atoms with E-state index < -0.39 is 0 Å². The van der Waals surface area contributed by atoms with Crippen molar-refractivity contribution in [3.8, 4) is 0 Å². The Kier molecular flexibility index (Phi) is 6.01. The van der Waals surface area contributed by atoms with Crippen molar-refractivity contribution in [3.05, 3.63) is 78.1 Å². The van der Waals surface area contributed by atoms with Crippen LogP contribution in [0.15, 0.2) is 66.3 Å². The molecule has 0 unspecified atom stereocenters. The van der Waals surface area contributed by atoms with Crippen LogP contribution < -0.4 is 26.6 Å². The number of pyridine rings is 1. The van der Waals surface area contributed by atoms with Crippen molar-refractivity contribution < 1.29 is 4.79 Å². The fraction of sp³-hybridized carbons (Fsp3) is 0.240. The lowest BCUT2D eigenvalue weighted by Gasteiger charge is -2.29. The number of piperazine rings is 1. The van der Waals surface area contributed by atoms with E-state index in [9.17, 15) is 4.79 Å². The number of carbonyl (C=O) groups is 1. The van der Waals surface area contributed by atoms with Crippen LogP contribution in [-0.2, 0) is 0 Å². The van der Waals surface area contributed by atoms with Crippen LogP contribution in [0, 0.1) is 0 Å². The number of amides is 1. The summed E-state index contributed by atoms with van der Waals surface area (Å²) in [6, 6.07) is 15.6. The maximum absolute atomic E-state index is 12.6. The molecule has 0 saturated carbocycles. The largest absolute Gasteiger partial charge is 0.369 e. The predicted octanol–water partition coefficient (Wildman–Crippen LogP) is 2.33. The van der Waals surface area contributed by atoms with Crippen molar-refractivity contribution in [2.24, 2.45) is 10.7 Å². The van der Waals surface area contributed by atoms with E-state index in [1.807, 2.05) is 53.2 Å². The van der Waals surface area contributed by atoms with Crippen LogP contribution in [-0.4, -0.2) is 54.1 Å². The number of fused-ring (bicyclic) bond motifs is 1. The average Bonchev–Trinajstić information content (AvgIpc) is 3.25. The fourth-order valence-corrected chi connectivity index (χ4v) is 4.45. The van der Waals surface area contributed by atoms with E-state index in [-0.39, 0.29) is 17.9 Å². The van der Waals surface area contributed by atoms with E-state index in [0.717, 1.165) is 43.0 Å². The molecule has 2 aromatic heterocycles. The minimum Gasteiger partial charge on any atom is -0.369 e. The van der Waals surface area contributed by atoms with Gasteiger partial charge in [-0.3, -0.25) is 4.79 Å². The monoisotopic (exact) mass is 456 g/mol. The zero-order valence-corrected chi connectivity index (χ0v) is 18.9. The highest BCUT2D eigenvalue weighted by atomic mass is 16.2. The molecule has 0 radical (unpaired) electrons. The number of aromatic nitrogens is 2. The SMILES string of the molecule is C=Cc1cc2n(c1N=C(N)Nc1ccc(N3CCNCC3)cn1)[C@@H](c1ccccc1)CNC2=O. The molecule has 1 amide bonds. The Morgan fingerprint density at radius 3 is 2.71 bits per heavy atom. The molecule has 4 heterocycles. The van der Waals surface area contributed by atoms with E-state index in [0.29, 0.717) is 23.9 Å². The van der Waals surface area contributed by atoms with E-state index in [2.05, 4.69) is 37.4 Å². The summed E-state index contributed by atoms with van der Waals surface area (Å²) < 4.78 is 1.93. The van der Waals surface area contributed by atoms with Crippen molar-refractivity contribution in [3.63, 3.8) is 0 Å². The van der Waals surface area contributed by atoms with Crippen LogP contribution in [0.25, 0.3) is 6.08 Å². The van der Waals surface area contributed by atoms with Crippen LogP contribution in [0.3, 0.4) is 0 Å². The van der Waals surface area contributed by atoms with Crippen LogP contribution >= 0.6 is 0 Å². The summed E-state index contributed by atoms with van der Waals surface area (Å²) in [5, 5.41) is 9.39. The highest BCUT2D eigenvalue weighted by Gasteiger charge is 2.30. The molecule has 1 saturated heterocycles. The second kappa shape index (κ2) is 9.40. The van der Waals surface area contributed by atoms with Crippen LogP contribution in [0.1, 0.15) is 27.7 Å². The smallest absolute Gasteiger partial charge is 0.268 e. The topological polar surface area (TPSA) is 113 Å². The number of carbonyl (C=O) groups excluding carboxylic acids is 1. The lowest BCUT2D eigenvalue weighted by Crippen LogP contribution is -2.43. The summed E-state index contributed by atoms with van der Waals surface area (Å²) in [5.74, 6) is 1.22. The van der Waals surface area contributed by atoms with Crippen LogP contribution in [0.2, 0.25) is 0 Å². The van der Waals surface area contributed by atoms with E-state index >= 15 is 0 Å². The number of hydrogen-bond donors (Lipinski definition) is 4. The Hall–Kier alpha value is -4.11. The molecule has 0 aliphatic carbocycles. The van der Waals surface area contributed by atoms with Gasteiger partial charge in [0.05, 0.1) is 17.9 Å². The van der Waals surface area contributed by atoms with E-state index in [4.69, 9.17) is 5.73 Å². The maximum atomic E-state index is 12.6. The number of hydrogen-bond acceptors (Lipinski definition) is 5. The molecule has 5 N–H and O–H groups in total. The quantitative estimate of drug-likeness (QED) is 0.346. The number of nitrogens with two attached hydrogens (primary N) is 1. The molecule has 0 spiro atoms. The second-order valence-electron chi connectivity index (χ2n) is 8.28. The van der Waals surface area contributed by atoms with Crippen molar-refractivity contribution in [1.82, 2.24) is 20.2 Å². The number of aliphatic imine (C=N–C) groups is 1.